The Bertz CT molecular complexity index is 570. The van der Waals surface area contributed by atoms with Gasteiger partial charge >= 0.3 is 0 Å². The van der Waals surface area contributed by atoms with Crippen LogP contribution >= 0.6 is 0 Å². The van der Waals surface area contributed by atoms with Crippen LogP contribution in [-0.4, -0.2) is 18.0 Å². The van der Waals surface area contributed by atoms with E-state index in [4.69, 9.17) is 4.74 Å². The Morgan fingerprint density at radius 3 is 2.86 bits per heavy atom. The van der Waals surface area contributed by atoms with Crippen molar-refractivity contribution in [3.63, 3.8) is 0 Å². The number of hydrogen-bond acceptors (Lipinski definition) is 3. The Balaban J connectivity index is 1.72. The van der Waals surface area contributed by atoms with Crippen LogP contribution in [0.2, 0.25) is 0 Å². The first-order valence-electron chi connectivity index (χ1n) is 7.07. The van der Waals surface area contributed by atoms with E-state index >= 15 is 0 Å². The van der Waals surface area contributed by atoms with E-state index in [1.54, 1.807) is 13.3 Å². The van der Waals surface area contributed by atoms with Gasteiger partial charge in [-0.1, -0.05) is 24.3 Å². The number of carbonyl (C=O) groups is 1. The number of benzene rings is 1. The molecule has 0 aliphatic heterocycles. The third kappa shape index (κ3) is 4.91. The molecule has 0 saturated carbocycles. The number of amides is 1. The summed E-state index contributed by atoms with van der Waals surface area (Å²) < 4.78 is 5.26. The van der Waals surface area contributed by atoms with Gasteiger partial charge < -0.3 is 10.1 Å². The molecule has 21 heavy (non-hydrogen) atoms. The number of para-hydroxylation sites is 1. The van der Waals surface area contributed by atoms with Crippen molar-refractivity contribution in [2.45, 2.75) is 25.8 Å². The van der Waals surface area contributed by atoms with Crippen LogP contribution in [0.5, 0.6) is 5.75 Å². The second-order valence-electron chi connectivity index (χ2n) is 4.80. The molecule has 0 fully saturated rings. The number of carbonyl (C=O) groups excluding carboxylic acids is 1. The standard InChI is InChI=1S/C17H20N2O2/c1-21-16-9-3-2-8-15(16)13-19-17(20)10-4-6-14-7-5-11-18-12-14/h2-3,5,7-9,11-12H,4,6,10,13H2,1H3,(H,19,20). The summed E-state index contributed by atoms with van der Waals surface area (Å²) in [7, 11) is 1.63. The molecule has 1 aromatic carbocycles. The molecule has 4 nitrogen and oxygen atoms in total. The first-order valence-corrected chi connectivity index (χ1v) is 7.07. The highest BCUT2D eigenvalue weighted by molar-refractivity contribution is 5.75. The molecule has 110 valence electrons. The van der Waals surface area contributed by atoms with E-state index in [1.165, 1.54) is 0 Å². The van der Waals surface area contributed by atoms with E-state index in [-0.39, 0.29) is 5.91 Å². The van der Waals surface area contributed by atoms with E-state index in [0.29, 0.717) is 13.0 Å². The maximum Gasteiger partial charge on any atom is 0.220 e. The normalized spacial score (nSPS) is 10.1. The fourth-order valence-corrected chi connectivity index (χ4v) is 2.13. The van der Waals surface area contributed by atoms with Gasteiger partial charge in [0.05, 0.1) is 7.11 Å². The quantitative estimate of drug-likeness (QED) is 0.850. The lowest BCUT2D eigenvalue weighted by atomic mass is 10.1. The van der Waals surface area contributed by atoms with Gasteiger partial charge in [-0.05, 0) is 30.5 Å². The van der Waals surface area contributed by atoms with E-state index in [9.17, 15) is 4.79 Å². The third-order valence-electron chi connectivity index (χ3n) is 3.26. The van der Waals surface area contributed by atoms with E-state index in [2.05, 4.69) is 10.3 Å². The van der Waals surface area contributed by atoms with Crippen LogP contribution < -0.4 is 10.1 Å². The summed E-state index contributed by atoms with van der Waals surface area (Å²) in [6.07, 6.45) is 5.81. The number of hydrogen-bond donors (Lipinski definition) is 1. The van der Waals surface area contributed by atoms with E-state index in [0.717, 1.165) is 29.7 Å². The second kappa shape index (κ2) is 8.04. The first-order chi connectivity index (χ1) is 10.3. The number of nitrogens with one attached hydrogen (secondary N) is 1. The summed E-state index contributed by atoms with van der Waals surface area (Å²) in [6, 6.07) is 11.6. The number of rotatable bonds is 7. The first kappa shape index (κ1) is 15.0. The van der Waals surface area contributed by atoms with E-state index in [1.807, 2.05) is 42.6 Å². The van der Waals surface area contributed by atoms with Gasteiger partial charge in [0, 0.05) is 30.9 Å². The molecule has 0 bridgehead atoms. The maximum absolute atomic E-state index is 11.8. The molecule has 1 heterocycles. The summed E-state index contributed by atoms with van der Waals surface area (Å²) in [5.74, 6) is 0.859. The van der Waals surface area contributed by atoms with Crippen molar-refractivity contribution < 1.29 is 9.53 Å². The minimum Gasteiger partial charge on any atom is -0.496 e. The minimum absolute atomic E-state index is 0.0600. The fourth-order valence-electron chi connectivity index (χ4n) is 2.13. The van der Waals surface area contributed by atoms with Crippen LogP contribution in [0.3, 0.4) is 0 Å². The molecule has 0 radical (unpaired) electrons. The average Bonchev–Trinajstić information content (AvgIpc) is 2.54. The Kier molecular flexibility index (Phi) is 5.76. The molecule has 0 spiro atoms. The Labute approximate surface area is 125 Å². The molecule has 1 aromatic heterocycles. The molecule has 0 atom stereocenters. The molecular formula is C17H20N2O2. The molecule has 1 N–H and O–H groups in total. The second-order valence-corrected chi connectivity index (χ2v) is 4.80. The third-order valence-corrected chi connectivity index (χ3v) is 3.26. The highest BCUT2D eigenvalue weighted by Crippen LogP contribution is 2.16. The molecule has 1 amide bonds. The van der Waals surface area contributed by atoms with Crippen molar-refractivity contribution in [1.82, 2.24) is 10.3 Å². The number of aromatic nitrogens is 1. The topological polar surface area (TPSA) is 51.2 Å². The predicted octanol–water partition coefficient (Wildman–Crippen LogP) is 2.73. The van der Waals surface area contributed by atoms with Crippen LogP contribution in [0.1, 0.15) is 24.0 Å². The number of aryl methyl sites for hydroxylation is 1. The Hall–Kier alpha value is -2.36. The van der Waals surface area contributed by atoms with Gasteiger partial charge in [0.2, 0.25) is 5.91 Å². The van der Waals surface area contributed by atoms with Crippen LogP contribution in [0.25, 0.3) is 0 Å². The molecule has 0 saturated heterocycles. The molecule has 2 rings (SSSR count). The zero-order chi connectivity index (χ0) is 14.9. The van der Waals surface area contributed by atoms with Crippen molar-refractivity contribution in [1.29, 1.82) is 0 Å². The van der Waals surface area contributed by atoms with Gasteiger partial charge in [0.1, 0.15) is 5.75 Å². The molecular weight excluding hydrogens is 264 g/mol. The molecule has 0 aliphatic carbocycles. The lowest BCUT2D eigenvalue weighted by Gasteiger charge is -2.09. The average molecular weight is 284 g/mol. The Morgan fingerprint density at radius 1 is 1.24 bits per heavy atom. The number of nitrogens with zero attached hydrogens (tertiary/aromatic N) is 1. The van der Waals surface area contributed by atoms with Crippen molar-refractivity contribution in [2.24, 2.45) is 0 Å². The maximum atomic E-state index is 11.8. The van der Waals surface area contributed by atoms with Crippen molar-refractivity contribution in [3.05, 3.63) is 59.9 Å². The van der Waals surface area contributed by atoms with Crippen LogP contribution in [0.15, 0.2) is 48.8 Å². The SMILES string of the molecule is COc1ccccc1CNC(=O)CCCc1cccnc1. The summed E-state index contributed by atoms with van der Waals surface area (Å²) in [6.45, 7) is 0.496. The summed E-state index contributed by atoms with van der Waals surface area (Å²) >= 11 is 0. The predicted molar refractivity (Wildman–Crippen MR) is 82.0 cm³/mol. The summed E-state index contributed by atoms with van der Waals surface area (Å²) in [5, 5.41) is 2.93. The minimum atomic E-state index is 0.0600. The van der Waals surface area contributed by atoms with Crippen LogP contribution in [0.4, 0.5) is 0 Å². The lowest BCUT2D eigenvalue weighted by molar-refractivity contribution is -0.121. The van der Waals surface area contributed by atoms with E-state index < -0.39 is 0 Å². The van der Waals surface area contributed by atoms with Crippen molar-refractivity contribution in [3.8, 4) is 5.75 Å². The zero-order valence-electron chi connectivity index (χ0n) is 12.2. The van der Waals surface area contributed by atoms with Gasteiger partial charge in [0.25, 0.3) is 0 Å². The van der Waals surface area contributed by atoms with Crippen molar-refractivity contribution >= 4 is 5.91 Å². The van der Waals surface area contributed by atoms with Gasteiger partial charge in [-0.2, -0.15) is 0 Å². The van der Waals surface area contributed by atoms with Crippen LogP contribution in [-0.2, 0) is 17.8 Å². The Morgan fingerprint density at radius 2 is 2.10 bits per heavy atom. The molecule has 2 aromatic rings. The van der Waals surface area contributed by atoms with Gasteiger partial charge in [0.15, 0.2) is 0 Å². The van der Waals surface area contributed by atoms with Gasteiger partial charge in [-0.15, -0.1) is 0 Å². The fraction of sp³-hybridized carbons (Fsp3) is 0.294. The highest BCUT2D eigenvalue weighted by Gasteiger charge is 2.05. The molecule has 4 heteroatoms. The largest absolute Gasteiger partial charge is 0.496 e. The van der Waals surface area contributed by atoms with Gasteiger partial charge in [-0.3, -0.25) is 9.78 Å². The summed E-state index contributed by atoms with van der Waals surface area (Å²) in [4.78, 5) is 15.9. The van der Waals surface area contributed by atoms with Crippen LogP contribution in [0, 0.1) is 0 Å². The van der Waals surface area contributed by atoms with Crippen molar-refractivity contribution in [2.75, 3.05) is 7.11 Å². The smallest absolute Gasteiger partial charge is 0.220 e. The number of methoxy groups -OCH3 is 1. The number of ether oxygens (including phenoxy) is 1. The zero-order valence-corrected chi connectivity index (χ0v) is 12.2. The monoisotopic (exact) mass is 284 g/mol. The van der Waals surface area contributed by atoms with Gasteiger partial charge in [-0.25, -0.2) is 0 Å². The highest BCUT2D eigenvalue weighted by atomic mass is 16.5. The lowest BCUT2D eigenvalue weighted by Crippen LogP contribution is -2.22. The number of pyridine rings is 1. The summed E-state index contributed by atoms with van der Waals surface area (Å²) in [5.41, 5.74) is 2.15. The molecule has 0 unspecified atom stereocenters. The molecule has 0 aliphatic rings.